The molecule has 0 aliphatic heterocycles. The fourth-order valence-electron chi connectivity index (χ4n) is 2.45. The number of allylic oxidation sites excluding steroid dienone is 1. The molecule has 0 aliphatic carbocycles. The molecule has 116 valence electrons. The normalized spacial score (nSPS) is 11.4. The molecule has 0 saturated carbocycles. The van der Waals surface area contributed by atoms with Gasteiger partial charge in [-0.2, -0.15) is 4.40 Å². The minimum absolute atomic E-state index is 0.228. The lowest BCUT2D eigenvalue weighted by Crippen LogP contribution is -2.43. The second-order valence-corrected chi connectivity index (χ2v) is 6.14. The van der Waals surface area contributed by atoms with E-state index in [0.717, 1.165) is 10.0 Å². The van der Waals surface area contributed by atoms with Crippen LogP contribution in [0.2, 0.25) is 0 Å². The maximum Gasteiger partial charge on any atom is 0.344 e. The van der Waals surface area contributed by atoms with Crippen LogP contribution in [0.25, 0.3) is 11.7 Å². The minimum atomic E-state index is -0.265. The van der Waals surface area contributed by atoms with Crippen LogP contribution < -0.4 is 15.2 Å². The fourth-order valence-corrected chi connectivity index (χ4v) is 2.71. The van der Waals surface area contributed by atoms with Crippen molar-refractivity contribution in [1.29, 1.82) is 0 Å². The van der Waals surface area contributed by atoms with Gasteiger partial charge in [-0.3, -0.25) is 0 Å². The maximum absolute atomic E-state index is 12.4. The van der Waals surface area contributed by atoms with Crippen molar-refractivity contribution < 1.29 is 9.67 Å². The Balaban J connectivity index is 2.00. The first-order chi connectivity index (χ1) is 11.1. The number of rotatable bonds is 3. The van der Waals surface area contributed by atoms with Crippen LogP contribution in [0, 0.1) is 6.92 Å². The van der Waals surface area contributed by atoms with Gasteiger partial charge in [-0.15, -0.1) is 0 Å². The molecule has 0 saturated heterocycles. The number of fused-ring (bicyclic) bond motifs is 1. The van der Waals surface area contributed by atoms with E-state index >= 15 is 0 Å². The number of aromatic nitrogens is 2. The molecule has 0 amide bonds. The Labute approximate surface area is 142 Å². The standard InChI is InChI=1S/C18H15BrN2O2/c1-13-17(22)20-11-3-2-6-16(20)21(18(13)23)12-4-5-14-7-9-15(19)10-8-14/h2-11H,12H2,1H3/b5-4+. The molecule has 3 aromatic rings. The van der Waals surface area contributed by atoms with Gasteiger partial charge in [0.15, 0.2) is 0 Å². The smallest absolute Gasteiger partial charge is 0.344 e. The molecule has 23 heavy (non-hydrogen) atoms. The Morgan fingerprint density at radius 3 is 2.70 bits per heavy atom. The van der Waals surface area contributed by atoms with Gasteiger partial charge in [0, 0.05) is 10.5 Å². The third kappa shape index (κ3) is 3.05. The van der Waals surface area contributed by atoms with Crippen LogP contribution in [0.5, 0.6) is 5.88 Å². The average molecular weight is 371 g/mol. The molecule has 2 heterocycles. The van der Waals surface area contributed by atoms with E-state index in [4.69, 9.17) is 0 Å². The van der Waals surface area contributed by atoms with Gasteiger partial charge in [0.2, 0.25) is 0 Å². The minimum Gasteiger partial charge on any atom is -0.842 e. The Morgan fingerprint density at radius 1 is 1.22 bits per heavy atom. The quantitative estimate of drug-likeness (QED) is 0.664. The van der Waals surface area contributed by atoms with Crippen LogP contribution in [0.4, 0.5) is 0 Å². The van der Waals surface area contributed by atoms with E-state index in [-0.39, 0.29) is 17.0 Å². The van der Waals surface area contributed by atoms with Crippen molar-refractivity contribution in [2.24, 2.45) is 0 Å². The van der Waals surface area contributed by atoms with Crippen LogP contribution in [-0.2, 0) is 6.54 Å². The number of hydrogen-bond acceptors (Lipinski definition) is 2. The molecule has 0 unspecified atom stereocenters. The summed E-state index contributed by atoms with van der Waals surface area (Å²) in [5.74, 6) is -0.248. The van der Waals surface area contributed by atoms with Gasteiger partial charge in [0.25, 0.3) is 5.65 Å². The molecule has 5 heteroatoms. The van der Waals surface area contributed by atoms with Crippen molar-refractivity contribution in [3.8, 4) is 5.88 Å². The second-order valence-electron chi connectivity index (χ2n) is 5.23. The molecule has 0 radical (unpaired) electrons. The molecule has 0 atom stereocenters. The van der Waals surface area contributed by atoms with E-state index in [1.807, 2.05) is 42.5 Å². The van der Waals surface area contributed by atoms with Gasteiger partial charge >= 0.3 is 5.56 Å². The molecular weight excluding hydrogens is 356 g/mol. The highest BCUT2D eigenvalue weighted by Gasteiger charge is 2.14. The van der Waals surface area contributed by atoms with Gasteiger partial charge in [0.1, 0.15) is 6.54 Å². The van der Waals surface area contributed by atoms with E-state index in [9.17, 15) is 9.90 Å². The molecular formula is C18H15BrN2O2. The predicted molar refractivity (Wildman–Crippen MR) is 91.2 cm³/mol. The number of nitrogens with zero attached hydrogens (tertiary/aromatic N) is 2. The Kier molecular flexibility index (Phi) is 4.30. The summed E-state index contributed by atoms with van der Waals surface area (Å²) in [6.07, 6.45) is 5.55. The van der Waals surface area contributed by atoms with E-state index < -0.39 is 0 Å². The summed E-state index contributed by atoms with van der Waals surface area (Å²) in [4.78, 5) is 12.2. The van der Waals surface area contributed by atoms with E-state index in [2.05, 4.69) is 15.9 Å². The highest BCUT2D eigenvalue weighted by Crippen LogP contribution is 2.11. The van der Waals surface area contributed by atoms with Gasteiger partial charge < -0.3 is 5.11 Å². The topological polar surface area (TPSA) is 48.4 Å². The molecule has 1 aromatic carbocycles. The SMILES string of the molecule is Cc1c([O-])[n+](C/C=C/c2ccc(Br)cc2)c2ccccn2c1=O. The van der Waals surface area contributed by atoms with Crippen molar-refractivity contribution >= 4 is 27.7 Å². The van der Waals surface area contributed by atoms with Crippen LogP contribution >= 0.6 is 15.9 Å². The highest BCUT2D eigenvalue weighted by atomic mass is 79.9. The molecule has 0 fully saturated rings. The summed E-state index contributed by atoms with van der Waals surface area (Å²) in [5, 5.41) is 12.4. The summed E-state index contributed by atoms with van der Waals surface area (Å²) in [6.45, 7) is 1.97. The van der Waals surface area contributed by atoms with Crippen molar-refractivity contribution in [1.82, 2.24) is 4.40 Å². The number of halogens is 1. The zero-order valence-electron chi connectivity index (χ0n) is 12.6. The van der Waals surface area contributed by atoms with Gasteiger partial charge in [-0.05, 0) is 36.8 Å². The summed E-state index contributed by atoms with van der Waals surface area (Å²) < 4.78 is 4.13. The Bertz CT molecular complexity index is 944. The third-order valence-electron chi connectivity index (χ3n) is 3.69. The van der Waals surface area contributed by atoms with Crippen LogP contribution in [0.3, 0.4) is 0 Å². The van der Waals surface area contributed by atoms with E-state index in [1.165, 1.54) is 4.40 Å². The summed E-state index contributed by atoms with van der Waals surface area (Å²) in [5.41, 5.74) is 1.61. The first-order valence-electron chi connectivity index (χ1n) is 7.21. The van der Waals surface area contributed by atoms with Gasteiger partial charge in [-0.25, -0.2) is 9.36 Å². The van der Waals surface area contributed by atoms with Crippen LogP contribution in [-0.4, -0.2) is 4.40 Å². The van der Waals surface area contributed by atoms with E-state index in [0.29, 0.717) is 12.2 Å². The number of pyridine rings is 1. The molecule has 0 aliphatic rings. The lowest BCUT2D eigenvalue weighted by molar-refractivity contribution is -0.708. The third-order valence-corrected chi connectivity index (χ3v) is 4.22. The lowest BCUT2D eigenvalue weighted by atomic mass is 10.2. The first-order valence-corrected chi connectivity index (χ1v) is 8.00. The second kappa shape index (κ2) is 6.38. The maximum atomic E-state index is 12.4. The summed E-state index contributed by atoms with van der Waals surface area (Å²) in [7, 11) is 0. The molecule has 0 N–H and O–H groups in total. The molecule has 4 nitrogen and oxygen atoms in total. The van der Waals surface area contributed by atoms with Crippen molar-refractivity contribution in [2.75, 3.05) is 0 Å². The zero-order chi connectivity index (χ0) is 16.4. The fraction of sp³-hybridized carbons (Fsp3) is 0.111. The van der Waals surface area contributed by atoms with Crippen LogP contribution in [0.15, 0.2) is 64.0 Å². The Morgan fingerprint density at radius 2 is 1.96 bits per heavy atom. The molecule has 3 rings (SSSR count). The number of benzene rings is 1. The lowest BCUT2D eigenvalue weighted by Gasteiger charge is -2.13. The monoisotopic (exact) mass is 370 g/mol. The largest absolute Gasteiger partial charge is 0.842 e. The van der Waals surface area contributed by atoms with Crippen molar-refractivity contribution in [3.05, 3.63) is 80.7 Å². The van der Waals surface area contributed by atoms with Crippen molar-refractivity contribution in [3.63, 3.8) is 0 Å². The highest BCUT2D eigenvalue weighted by molar-refractivity contribution is 9.10. The first kappa shape index (κ1) is 15.5. The summed E-state index contributed by atoms with van der Waals surface area (Å²) >= 11 is 3.40. The Hall–Kier alpha value is -2.40. The zero-order valence-corrected chi connectivity index (χ0v) is 14.2. The average Bonchev–Trinajstić information content (AvgIpc) is 2.57. The van der Waals surface area contributed by atoms with Crippen LogP contribution in [0.1, 0.15) is 11.1 Å². The summed E-state index contributed by atoms with van der Waals surface area (Å²) in [6, 6.07) is 13.3. The molecule has 0 bridgehead atoms. The molecule has 2 aromatic heterocycles. The van der Waals surface area contributed by atoms with Gasteiger partial charge in [0.05, 0.1) is 17.6 Å². The van der Waals surface area contributed by atoms with E-state index in [1.54, 1.807) is 29.8 Å². The molecule has 0 spiro atoms. The number of hydrogen-bond donors (Lipinski definition) is 0. The predicted octanol–water partition coefficient (Wildman–Crippen LogP) is 2.44. The van der Waals surface area contributed by atoms with Crippen molar-refractivity contribution in [2.45, 2.75) is 13.5 Å². The van der Waals surface area contributed by atoms with Gasteiger partial charge in [-0.1, -0.05) is 40.2 Å².